The van der Waals surface area contributed by atoms with Crippen molar-refractivity contribution in [1.82, 2.24) is 20.4 Å². The molecule has 0 bridgehead atoms. The van der Waals surface area contributed by atoms with Crippen molar-refractivity contribution >= 4 is 23.4 Å². The second-order valence-electron chi connectivity index (χ2n) is 6.77. The number of nitrogens with zero attached hydrogens (tertiary/aromatic N) is 2. The molecule has 1 unspecified atom stereocenters. The second-order valence-corrected chi connectivity index (χ2v) is 7.20. The highest BCUT2D eigenvalue weighted by atomic mass is 35.5. The summed E-state index contributed by atoms with van der Waals surface area (Å²) in [5, 5.41) is 10.7. The number of benzene rings is 1. The van der Waals surface area contributed by atoms with Gasteiger partial charge in [-0.25, -0.2) is 0 Å². The number of aromatic nitrogens is 2. The molecule has 1 aromatic heterocycles. The average Bonchev–Trinajstić information content (AvgIpc) is 2.94. The van der Waals surface area contributed by atoms with Gasteiger partial charge >= 0.3 is 0 Å². The molecule has 1 atom stereocenters. The molecular formula is C19H23ClN4O2. The molecule has 6 nitrogen and oxygen atoms in total. The number of H-pyrrole nitrogens is 1. The Morgan fingerprint density at radius 3 is 2.73 bits per heavy atom. The standard InChI is InChI=1S/C19H23ClN4O2/c1-12-17(13(2)23-22-12)9-21-19(26)15-5-8-18(25)24(11-15)10-14-3-6-16(20)7-4-14/h3-4,6-7,15H,5,8-11H2,1-2H3,(H,21,26)(H,22,23). The van der Waals surface area contributed by atoms with Crippen LogP contribution in [0.4, 0.5) is 0 Å². The number of nitrogens with one attached hydrogen (secondary N) is 2. The van der Waals surface area contributed by atoms with E-state index < -0.39 is 0 Å². The van der Waals surface area contributed by atoms with Gasteiger partial charge in [0.15, 0.2) is 0 Å². The minimum atomic E-state index is -0.187. The maximum Gasteiger partial charge on any atom is 0.225 e. The first kappa shape index (κ1) is 18.5. The molecule has 0 aliphatic carbocycles. The number of halogens is 1. The number of hydrogen-bond acceptors (Lipinski definition) is 3. The Bertz CT molecular complexity index is 781. The van der Waals surface area contributed by atoms with Crippen LogP contribution in [0.3, 0.4) is 0 Å². The number of aryl methyl sites for hydroxylation is 2. The van der Waals surface area contributed by atoms with Crippen LogP contribution >= 0.6 is 11.6 Å². The molecule has 0 saturated carbocycles. The number of amides is 2. The Morgan fingerprint density at radius 2 is 2.08 bits per heavy atom. The SMILES string of the molecule is Cc1n[nH]c(C)c1CNC(=O)C1CCC(=O)N(Cc2ccc(Cl)cc2)C1. The van der Waals surface area contributed by atoms with E-state index in [2.05, 4.69) is 15.5 Å². The summed E-state index contributed by atoms with van der Waals surface area (Å²) in [5.74, 6) is -0.114. The van der Waals surface area contributed by atoms with Gasteiger partial charge in [-0.15, -0.1) is 0 Å². The summed E-state index contributed by atoms with van der Waals surface area (Å²) in [5.41, 5.74) is 3.88. The first-order valence-corrected chi connectivity index (χ1v) is 9.12. The molecule has 1 aliphatic rings. The molecule has 3 rings (SSSR count). The van der Waals surface area contributed by atoms with Crippen LogP contribution in [-0.2, 0) is 22.7 Å². The van der Waals surface area contributed by atoms with Crippen molar-refractivity contribution in [3.8, 4) is 0 Å². The van der Waals surface area contributed by atoms with Crippen molar-refractivity contribution in [2.45, 2.75) is 39.8 Å². The Kier molecular flexibility index (Phi) is 5.61. The Hall–Kier alpha value is -2.34. The van der Waals surface area contributed by atoms with Crippen LogP contribution in [0.15, 0.2) is 24.3 Å². The van der Waals surface area contributed by atoms with E-state index in [1.807, 2.05) is 38.1 Å². The van der Waals surface area contributed by atoms with E-state index in [4.69, 9.17) is 11.6 Å². The summed E-state index contributed by atoms with van der Waals surface area (Å²) in [4.78, 5) is 26.5. The monoisotopic (exact) mass is 374 g/mol. The van der Waals surface area contributed by atoms with Crippen molar-refractivity contribution in [1.29, 1.82) is 0 Å². The summed E-state index contributed by atoms with van der Waals surface area (Å²) in [7, 11) is 0. The van der Waals surface area contributed by atoms with Crippen LogP contribution in [0, 0.1) is 19.8 Å². The fourth-order valence-corrected chi connectivity index (χ4v) is 3.37. The molecule has 2 heterocycles. The van der Waals surface area contributed by atoms with E-state index in [0.717, 1.165) is 22.5 Å². The van der Waals surface area contributed by atoms with Gasteiger partial charge in [-0.05, 0) is 38.0 Å². The zero-order chi connectivity index (χ0) is 18.7. The van der Waals surface area contributed by atoms with Gasteiger partial charge in [-0.3, -0.25) is 14.7 Å². The highest BCUT2D eigenvalue weighted by Gasteiger charge is 2.30. The molecule has 1 aliphatic heterocycles. The normalized spacial score (nSPS) is 17.4. The lowest BCUT2D eigenvalue weighted by atomic mass is 9.96. The van der Waals surface area contributed by atoms with Gasteiger partial charge in [-0.1, -0.05) is 23.7 Å². The number of aromatic amines is 1. The predicted molar refractivity (Wildman–Crippen MR) is 99.5 cm³/mol. The molecule has 138 valence electrons. The number of carbonyl (C=O) groups excluding carboxylic acids is 2. The minimum Gasteiger partial charge on any atom is -0.352 e. The van der Waals surface area contributed by atoms with Crippen molar-refractivity contribution < 1.29 is 9.59 Å². The summed E-state index contributed by atoms with van der Waals surface area (Å²) in [6.45, 7) is 5.25. The average molecular weight is 375 g/mol. The van der Waals surface area contributed by atoms with Crippen molar-refractivity contribution in [3.63, 3.8) is 0 Å². The van der Waals surface area contributed by atoms with Gasteiger partial charge in [0.2, 0.25) is 11.8 Å². The molecule has 1 aromatic carbocycles. The van der Waals surface area contributed by atoms with Crippen LogP contribution in [0.2, 0.25) is 5.02 Å². The smallest absolute Gasteiger partial charge is 0.225 e. The van der Waals surface area contributed by atoms with Crippen molar-refractivity contribution in [2.75, 3.05) is 6.54 Å². The molecule has 0 radical (unpaired) electrons. The van der Waals surface area contributed by atoms with E-state index in [1.54, 1.807) is 4.90 Å². The van der Waals surface area contributed by atoms with Crippen LogP contribution in [0.5, 0.6) is 0 Å². The van der Waals surface area contributed by atoms with Crippen molar-refractivity contribution in [2.24, 2.45) is 5.92 Å². The molecule has 0 spiro atoms. The third-order valence-corrected chi connectivity index (χ3v) is 5.13. The lowest BCUT2D eigenvalue weighted by Crippen LogP contribution is -2.45. The third kappa shape index (κ3) is 4.25. The first-order valence-electron chi connectivity index (χ1n) is 8.74. The van der Waals surface area contributed by atoms with Crippen molar-refractivity contribution in [3.05, 3.63) is 51.8 Å². The quantitative estimate of drug-likeness (QED) is 0.844. The molecule has 1 saturated heterocycles. The lowest BCUT2D eigenvalue weighted by molar-refractivity contribution is -0.138. The maximum atomic E-state index is 12.6. The highest BCUT2D eigenvalue weighted by molar-refractivity contribution is 6.30. The van der Waals surface area contributed by atoms with Gasteiger partial charge in [-0.2, -0.15) is 5.10 Å². The predicted octanol–water partition coefficient (Wildman–Crippen LogP) is 2.73. The molecular weight excluding hydrogens is 352 g/mol. The third-order valence-electron chi connectivity index (χ3n) is 4.88. The number of piperidine rings is 1. The lowest BCUT2D eigenvalue weighted by Gasteiger charge is -2.32. The highest BCUT2D eigenvalue weighted by Crippen LogP contribution is 2.21. The molecule has 1 fully saturated rings. The number of carbonyl (C=O) groups is 2. The van der Waals surface area contributed by atoms with Crippen LogP contribution in [0.25, 0.3) is 0 Å². The fourth-order valence-electron chi connectivity index (χ4n) is 3.25. The zero-order valence-corrected chi connectivity index (χ0v) is 15.8. The minimum absolute atomic E-state index is 0.0152. The second kappa shape index (κ2) is 7.91. The van der Waals surface area contributed by atoms with Crippen LogP contribution < -0.4 is 5.32 Å². The van der Waals surface area contributed by atoms with E-state index in [-0.39, 0.29) is 17.7 Å². The molecule has 7 heteroatoms. The Balaban J connectivity index is 1.59. The summed E-state index contributed by atoms with van der Waals surface area (Å²) >= 11 is 5.91. The summed E-state index contributed by atoms with van der Waals surface area (Å²) in [6, 6.07) is 7.43. The van der Waals surface area contributed by atoms with Crippen LogP contribution in [0.1, 0.15) is 35.4 Å². The first-order chi connectivity index (χ1) is 12.4. The molecule has 2 amide bonds. The number of likely N-dealkylation sites (tertiary alicyclic amines) is 1. The molecule has 2 N–H and O–H groups in total. The summed E-state index contributed by atoms with van der Waals surface area (Å²) in [6.07, 6.45) is 0.987. The van der Waals surface area contributed by atoms with Gasteiger partial charge in [0.25, 0.3) is 0 Å². The molecule has 26 heavy (non-hydrogen) atoms. The Labute approximate surface area is 157 Å². The maximum absolute atomic E-state index is 12.6. The summed E-state index contributed by atoms with van der Waals surface area (Å²) < 4.78 is 0. The van der Waals surface area contributed by atoms with Crippen LogP contribution in [-0.4, -0.2) is 33.5 Å². The largest absolute Gasteiger partial charge is 0.352 e. The number of rotatable bonds is 5. The van der Waals surface area contributed by atoms with E-state index in [0.29, 0.717) is 37.5 Å². The van der Waals surface area contributed by atoms with E-state index in [1.165, 1.54) is 0 Å². The fraction of sp³-hybridized carbons (Fsp3) is 0.421. The van der Waals surface area contributed by atoms with E-state index >= 15 is 0 Å². The van der Waals surface area contributed by atoms with Gasteiger partial charge < -0.3 is 10.2 Å². The zero-order valence-electron chi connectivity index (χ0n) is 15.0. The Morgan fingerprint density at radius 1 is 1.35 bits per heavy atom. The van der Waals surface area contributed by atoms with Gasteiger partial charge in [0, 0.05) is 42.3 Å². The van der Waals surface area contributed by atoms with E-state index in [9.17, 15) is 9.59 Å². The van der Waals surface area contributed by atoms with Gasteiger partial charge in [0.1, 0.15) is 0 Å². The van der Waals surface area contributed by atoms with Gasteiger partial charge in [0.05, 0.1) is 11.6 Å². The molecule has 2 aromatic rings. The number of hydrogen-bond donors (Lipinski definition) is 2. The topological polar surface area (TPSA) is 78.1 Å².